The number of sulfonamides is 1. The van der Waals surface area contributed by atoms with E-state index in [9.17, 15) is 27.2 Å². The van der Waals surface area contributed by atoms with Gasteiger partial charge in [-0.15, -0.1) is 0 Å². The first-order chi connectivity index (χ1) is 14.7. The van der Waals surface area contributed by atoms with Gasteiger partial charge in [0.25, 0.3) is 21.5 Å². The molecule has 0 fully saturated rings. The van der Waals surface area contributed by atoms with Crippen molar-refractivity contribution >= 4 is 27.5 Å². The second-order valence-electron chi connectivity index (χ2n) is 6.63. The van der Waals surface area contributed by atoms with Crippen molar-refractivity contribution in [3.8, 4) is 0 Å². The van der Waals surface area contributed by atoms with Gasteiger partial charge >= 0.3 is 0 Å². The summed E-state index contributed by atoms with van der Waals surface area (Å²) < 4.78 is 40.4. The SMILES string of the molecule is CC(=O)NS(=O)(=O)c1ccc(NC(=O)c2cccn(Cc3cccc(F)c3)c2=O)cc1. The maximum atomic E-state index is 13.4. The summed E-state index contributed by atoms with van der Waals surface area (Å²) in [4.78, 5) is 36.1. The van der Waals surface area contributed by atoms with Crippen LogP contribution in [-0.2, 0) is 21.4 Å². The van der Waals surface area contributed by atoms with Crippen LogP contribution in [0.2, 0.25) is 0 Å². The van der Waals surface area contributed by atoms with E-state index in [0.29, 0.717) is 5.56 Å². The second-order valence-corrected chi connectivity index (χ2v) is 8.31. The molecule has 1 heterocycles. The van der Waals surface area contributed by atoms with Crippen LogP contribution < -0.4 is 15.6 Å². The number of rotatable bonds is 6. The minimum Gasteiger partial charge on any atom is -0.322 e. The van der Waals surface area contributed by atoms with Crippen LogP contribution in [0.15, 0.2) is 76.6 Å². The Morgan fingerprint density at radius 1 is 1.03 bits per heavy atom. The van der Waals surface area contributed by atoms with E-state index in [1.165, 1.54) is 65.4 Å². The average Bonchev–Trinajstić information content (AvgIpc) is 2.69. The highest BCUT2D eigenvalue weighted by atomic mass is 32.2. The molecule has 3 rings (SSSR count). The first-order valence-corrected chi connectivity index (χ1v) is 10.5. The zero-order valence-electron chi connectivity index (χ0n) is 16.3. The van der Waals surface area contributed by atoms with Gasteiger partial charge in [0.15, 0.2) is 0 Å². The summed E-state index contributed by atoms with van der Waals surface area (Å²) in [5.74, 6) is -1.84. The lowest BCUT2D eigenvalue weighted by Gasteiger charge is -2.10. The maximum absolute atomic E-state index is 13.4. The molecule has 0 bridgehead atoms. The molecule has 2 amide bonds. The quantitative estimate of drug-likeness (QED) is 0.606. The average molecular weight is 443 g/mol. The van der Waals surface area contributed by atoms with Gasteiger partial charge in [-0.05, 0) is 54.1 Å². The Kier molecular flexibility index (Phi) is 6.30. The van der Waals surface area contributed by atoms with Crippen molar-refractivity contribution in [1.29, 1.82) is 0 Å². The molecular weight excluding hydrogens is 425 g/mol. The van der Waals surface area contributed by atoms with Gasteiger partial charge in [-0.1, -0.05) is 12.1 Å². The summed E-state index contributed by atoms with van der Waals surface area (Å²) in [6.45, 7) is 1.17. The summed E-state index contributed by atoms with van der Waals surface area (Å²) in [6.07, 6.45) is 1.49. The number of anilines is 1. The summed E-state index contributed by atoms with van der Waals surface area (Å²) in [7, 11) is -3.99. The summed E-state index contributed by atoms with van der Waals surface area (Å²) in [5.41, 5.74) is 0.130. The van der Waals surface area contributed by atoms with Crippen molar-refractivity contribution < 1.29 is 22.4 Å². The first-order valence-electron chi connectivity index (χ1n) is 9.04. The van der Waals surface area contributed by atoms with Crippen LogP contribution >= 0.6 is 0 Å². The van der Waals surface area contributed by atoms with E-state index in [1.54, 1.807) is 6.07 Å². The normalized spacial score (nSPS) is 11.0. The molecule has 0 saturated carbocycles. The number of amides is 2. The lowest BCUT2D eigenvalue weighted by molar-refractivity contribution is -0.117. The van der Waals surface area contributed by atoms with Crippen molar-refractivity contribution in [3.63, 3.8) is 0 Å². The van der Waals surface area contributed by atoms with Gasteiger partial charge in [-0.2, -0.15) is 0 Å². The summed E-state index contributed by atoms with van der Waals surface area (Å²) in [5, 5.41) is 2.52. The monoisotopic (exact) mass is 443 g/mol. The number of nitrogens with one attached hydrogen (secondary N) is 2. The third-order valence-corrected chi connectivity index (χ3v) is 5.66. The number of carbonyl (C=O) groups excluding carboxylic acids is 2. The van der Waals surface area contributed by atoms with Gasteiger partial charge in [0.1, 0.15) is 11.4 Å². The molecule has 0 aliphatic heterocycles. The Morgan fingerprint density at radius 2 is 1.74 bits per heavy atom. The third kappa shape index (κ3) is 5.43. The molecular formula is C21H18FN3O5S. The van der Waals surface area contributed by atoms with E-state index in [1.807, 2.05) is 4.72 Å². The molecule has 0 unspecified atom stereocenters. The molecule has 0 aliphatic carbocycles. The van der Waals surface area contributed by atoms with Gasteiger partial charge in [0.2, 0.25) is 5.91 Å². The smallest absolute Gasteiger partial charge is 0.264 e. The Hall–Kier alpha value is -3.79. The molecule has 0 aliphatic rings. The van der Waals surface area contributed by atoms with Crippen molar-refractivity contribution in [2.24, 2.45) is 0 Å². The number of nitrogens with zero attached hydrogens (tertiary/aromatic N) is 1. The molecule has 2 N–H and O–H groups in total. The Morgan fingerprint density at radius 3 is 2.39 bits per heavy atom. The second kappa shape index (κ2) is 8.92. The molecule has 8 nitrogen and oxygen atoms in total. The minimum absolute atomic E-state index is 0.0907. The molecule has 31 heavy (non-hydrogen) atoms. The van der Waals surface area contributed by atoms with E-state index in [4.69, 9.17) is 0 Å². The summed E-state index contributed by atoms with van der Waals surface area (Å²) >= 11 is 0. The van der Waals surface area contributed by atoms with Crippen molar-refractivity contribution in [3.05, 3.63) is 94.2 Å². The van der Waals surface area contributed by atoms with E-state index in [0.717, 1.165) is 6.92 Å². The van der Waals surface area contributed by atoms with E-state index in [-0.39, 0.29) is 22.7 Å². The largest absolute Gasteiger partial charge is 0.322 e. The van der Waals surface area contributed by atoms with Crippen molar-refractivity contribution in [1.82, 2.24) is 9.29 Å². The summed E-state index contributed by atoms with van der Waals surface area (Å²) in [6, 6.07) is 13.8. The number of hydrogen-bond acceptors (Lipinski definition) is 5. The number of carbonyl (C=O) groups is 2. The van der Waals surface area contributed by atoms with Crippen molar-refractivity contribution in [2.45, 2.75) is 18.4 Å². The Bertz CT molecular complexity index is 1300. The van der Waals surface area contributed by atoms with Crippen LogP contribution in [-0.4, -0.2) is 24.8 Å². The van der Waals surface area contributed by atoms with Crippen LogP contribution in [0, 0.1) is 5.82 Å². The predicted molar refractivity (Wildman–Crippen MR) is 112 cm³/mol. The number of aromatic nitrogens is 1. The fraction of sp³-hybridized carbons (Fsp3) is 0.0952. The standard InChI is InChI=1S/C21H18FN3O5S/c1-14(26)24-31(29,30)18-9-7-17(8-10-18)23-20(27)19-6-3-11-25(21(19)28)13-15-4-2-5-16(22)12-15/h2-12H,13H2,1H3,(H,23,27)(H,24,26). The molecule has 3 aromatic rings. The number of benzene rings is 2. The molecule has 1 aromatic heterocycles. The van der Waals surface area contributed by atoms with Crippen LogP contribution in [0.1, 0.15) is 22.8 Å². The Balaban J connectivity index is 1.78. The highest BCUT2D eigenvalue weighted by Gasteiger charge is 2.16. The highest BCUT2D eigenvalue weighted by Crippen LogP contribution is 2.15. The molecule has 0 radical (unpaired) electrons. The number of halogens is 1. The van der Waals surface area contributed by atoms with Crippen LogP contribution in [0.5, 0.6) is 0 Å². The van der Waals surface area contributed by atoms with Gasteiger partial charge in [0.05, 0.1) is 11.4 Å². The predicted octanol–water partition coefficient (Wildman–Crippen LogP) is 2.11. The third-order valence-electron chi connectivity index (χ3n) is 4.21. The van der Waals surface area contributed by atoms with Gasteiger partial charge in [0, 0.05) is 18.8 Å². The van der Waals surface area contributed by atoms with E-state index < -0.39 is 33.2 Å². The molecule has 10 heteroatoms. The fourth-order valence-corrected chi connectivity index (χ4v) is 3.82. The molecule has 0 saturated heterocycles. The van der Waals surface area contributed by atoms with Gasteiger partial charge < -0.3 is 9.88 Å². The van der Waals surface area contributed by atoms with E-state index >= 15 is 0 Å². The maximum Gasteiger partial charge on any atom is 0.264 e. The van der Waals surface area contributed by atoms with Gasteiger partial charge in [-0.3, -0.25) is 14.4 Å². The molecule has 0 atom stereocenters. The number of pyridine rings is 1. The Labute approximate surface area is 177 Å². The minimum atomic E-state index is -3.99. The van der Waals surface area contributed by atoms with Crippen LogP contribution in [0.4, 0.5) is 10.1 Å². The zero-order chi connectivity index (χ0) is 22.6. The van der Waals surface area contributed by atoms with Crippen LogP contribution in [0.25, 0.3) is 0 Å². The van der Waals surface area contributed by atoms with Crippen molar-refractivity contribution in [2.75, 3.05) is 5.32 Å². The van der Waals surface area contributed by atoms with Gasteiger partial charge in [-0.25, -0.2) is 17.5 Å². The topological polar surface area (TPSA) is 114 Å². The number of hydrogen-bond donors (Lipinski definition) is 2. The van der Waals surface area contributed by atoms with Crippen LogP contribution in [0.3, 0.4) is 0 Å². The first kappa shape index (κ1) is 21.9. The molecule has 160 valence electrons. The molecule has 2 aromatic carbocycles. The molecule has 0 spiro atoms. The lowest BCUT2D eigenvalue weighted by atomic mass is 10.2. The van der Waals surface area contributed by atoms with E-state index in [2.05, 4.69) is 5.32 Å². The zero-order valence-corrected chi connectivity index (χ0v) is 17.1. The fourth-order valence-electron chi connectivity index (χ4n) is 2.83. The lowest BCUT2D eigenvalue weighted by Crippen LogP contribution is -2.29. The highest BCUT2D eigenvalue weighted by molar-refractivity contribution is 7.90.